The predicted octanol–water partition coefficient (Wildman–Crippen LogP) is 2.46. The maximum Gasteiger partial charge on any atom is 0.224 e. The number of nitrogens with zero attached hydrogens (tertiary/aromatic N) is 3. The molecule has 0 radical (unpaired) electrons. The summed E-state index contributed by atoms with van der Waals surface area (Å²) in [4.78, 5) is 14.2. The Morgan fingerprint density at radius 3 is 2.78 bits per heavy atom. The molecule has 0 aliphatic carbocycles. The van der Waals surface area contributed by atoms with Crippen LogP contribution in [0.2, 0.25) is 0 Å². The molecule has 0 unspecified atom stereocenters. The number of hydrogen-bond donors (Lipinski definition) is 2. The zero-order valence-corrected chi connectivity index (χ0v) is 11.6. The molecule has 2 aromatic heterocycles. The first-order chi connectivity index (χ1) is 8.72. The fourth-order valence-electron chi connectivity index (χ4n) is 1.49. The van der Waals surface area contributed by atoms with Crippen molar-refractivity contribution in [2.45, 2.75) is 26.8 Å². The molecular formula is C12H17N5S. The van der Waals surface area contributed by atoms with Gasteiger partial charge >= 0.3 is 0 Å². The molecule has 0 bridgehead atoms. The van der Waals surface area contributed by atoms with Crippen LogP contribution < -0.4 is 10.6 Å². The molecule has 0 saturated heterocycles. The van der Waals surface area contributed by atoms with E-state index < -0.39 is 0 Å². The normalized spacial score (nSPS) is 10.4. The van der Waals surface area contributed by atoms with E-state index in [0.717, 1.165) is 22.8 Å². The lowest BCUT2D eigenvalue weighted by Crippen LogP contribution is -2.06. The zero-order valence-electron chi connectivity index (χ0n) is 10.8. The highest BCUT2D eigenvalue weighted by molar-refractivity contribution is 7.11. The third-order valence-electron chi connectivity index (χ3n) is 2.55. The van der Waals surface area contributed by atoms with Gasteiger partial charge in [0.1, 0.15) is 10.8 Å². The molecule has 2 rings (SSSR count). The molecule has 0 amide bonds. The van der Waals surface area contributed by atoms with Crippen LogP contribution in [-0.4, -0.2) is 22.0 Å². The molecule has 2 aromatic rings. The number of thiazole rings is 1. The van der Waals surface area contributed by atoms with Crippen LogP contribution in [0.4, 0.5) is 11.8 Å². The van der Waals surface area contributed by atoms with Gasteiger partial charge in [0, 0.05) is 29.9 Å². The second-order valence-corrected chi connectivity index (χ2v) is 5.10. The first-order valence-electron chi connectivity index (χ1n) is 5.91. The van der Waals surface area contributed by atoms with Crippen molar-refractivity contribution < 1.29 is 0 Å². The topological polar surface area (TPSA) is 62.7 Å². The summed E-state index contributed by atoms with van der Waals surface area (Å²) in [7, 11) is 1.81. The lowest BCUT2D eigenvalue weighted by atomic mass is 10.3. The fraction of sp³-hybridized carbons (Fsp3) is 0.417. The van der Waals surface area contributed by atoms with E-state index in [1.54, 1.807) is 17.5 Å². The van der Waals surface area contributed by atoms with Crippen LogP contribution in [0, 0.1) is 6.92 Å². The SMILES string of the molecule is CCc1cnc(CNc2nc(NC)ncc2C)s1. The van der Waals surface area contributed by atoms with Gasteiger partial charge in [-0.3, -0.25) is 0 Å². The van der Waals surface area contributed by atoms with E-state index in [-0.39, 0.29) is 0 Å². The molecule has 0 saturated carbocycles. The predicted molar refractivity (Wildman–Crippen MR) is 75.1 cm³/mol. The van der Waals surface area contributed by atoms with Crippen LogP contribution in [0.3, 0.4) is 0 Å². The lowest BCUT2D eigenvalue weighted by Gasteiger charge is -2.08. The van der Waals surface area contributed by atoms with Crippen LogP contribution in [-0.2, 0) is 13.0 Å². The number of hydrogen-bond acceptors (Lipinski definition) is 6. The summed E-state index contributed by atoms with van der Waals surface area (Å²) >= 11 is 1.74. The van der Waals surface area contributed by atoms with E-state index in [4.69, 9.17) is 0 Å². The molecular weight excluding hydrogens is 246 g/mol. The average Bonchev–Trinajstić information content (AvgIpc) is 2.86. The Labute approximate surface area is 111 Å². The van der Waals surface area contributed by atoms with Gasteiger partial charge in [-0.15, -0.1) is 11.3 Å². The highest BCUT2D eigenvalue weighted by Crippen LogP contribution is 2.17. The molecule has 2 heterocycles. The zero-order chi connectivity index (χ0) is 13.0. The molecule has 0 aliphatic rings. The maximum atomic E-state index is 4.38. The van der Waals surface area contributed by atoms with Crippen molar-refractivity contribution >= 4 is 23.1 Å². The molecule has 2 N–H and O–H groups in total. The summed E-state index contributed by atoms with van der Waals surface area (Å²) in [6.07, 6.45) is 4.78. The van der Waals surface area contributed by atoms with Crippen LogP contribution in [0.25, 0.3) is 0 Å². The molecule has 0 fully saturated rings. The van der Waals surface area contributed by atoms with Crippen molar-refractivity contribution in [2.24, 2.45) is 0 Å². The van der Waals surface area contributed by atoms with E-state index in [1.807, 2.05) is 20.2 Å². The Kier molecular flexibility index (Phi) is 4.09. The third-order valence-corrected chi connectivity index (χ3v) is 3.69. The van der Waals surface area contributed by atoms with Crippen LogP contribution in [0.5, 0.6) is 0 Å². The van der Waals surface area contributed by atoms with Gasteiger partial charge in [-0.05, 0) is 13.3 Å². The van der Waals surface area contributed by atoms with Gasteiger partial charge in [0.05, 0.1) is 6.54 Å². The highest BCUT2D eigenvalue weighted by Gasteiger charge is 2.04. The lowest BCUT2D eigenvalue weighted by molar-refractivity contribution is 1.04. The van der Waals surface area contributed by atoms with Gasteiger partial charge in [-0.25, -0.2) is 9.97 Å². The van der Waals surface area contributed by atoms with E-state index in [2.05, 4.69) is 32.5 Å². The smallest absolute Gasteiger partial charge is 0.224 e. The van der Waals surface area contributed by atoms with E-state index >= 15 is 0 Å². The summed E-state index contributed by atoms with van der Waals surface area (Å²) in [5.41, 5.74) is 1.03. The number of anilines is 2. The van der Waals surface area contributed by atoms with E-state index in [1.165, 1.54) is 4.88 Å². The van der Waals surface area contributed by atoms with E-state index in [0.29, 0.717) is 12.5 Å². The fourth-order valence-corrected chi connectivity index (χ4v) is 2.30. The summed E-state index contributed by atoms with van der Waals surface area (Å²) < 4.78 is 0. The van der Waals surface area contributed by atoms with Gasteiger partial charge in [0.2, 0.25) is 5.95 Å². The minimum absolute atomic E-state index is 0.622. The second kappa shape index (κ2) is 5.77. The minimum Gasteiger partial charge on any atom is -0.363 e. The number of aryl methyl sites for hydroxylation is 2. The van der Waals surface area contributed by atoms with Gasteiger partial charge in [0.25, 0.3) is 0 Å². The van der Waals surface area contributed by atoms with Crippen molar-refractivity contribution in [3.05, 3.63) is 27.8 Å². The van der Waals surface area contributed by atoms with Gasteiger partial charge in [-0.1, -0.05) is 6.92 Å². The van der Waals surface area contributed by atoms with Crippen molar-refractivity contribution in [2.75, 3.05) is 17.7 Å². The van der Waals surface area contributed by atoms with Crippen molar-refractivity contribution in [3.8, 4) is 0 Å². The van der Waals surface area contributed by atoms with E-state index in [9.17, 15) is 0 Å². The largest absolute Gasteiger partial charge is 0.363 e. The molecule has 0 aromatic carbocycles. The molecule has 96 valence electrons. The molecule has 0 spiro atoms. The highest BCUT2D eigenvalue weighted by atomic mass is 32.1. The quantitative estimate of drug-likeness (QED) is 0.867. The van der Waals surface area contributed by atoms with Crippen molar-refractivity contribution in [1.29, 1.82) is 0 Å². The molecule has 18 heavy (non-hydrogen) atoms. The van der Waals surface area contributed by atoms with Gasteiger partial charge < -0.3 is 10.6 Å². The standard InChI is InChI=1S/C12H17N5S/c1-4-9-6-14-10(18-9)7-15-11-8(2)5-16-12(13-3)17-11/h5-6H,4,7H2,1-3H3,(H2,13,15,16,17). The summed E-state index contributed by atoms with van der Waals surface area (Å²) in [5.74, 6) is 1.47. The Morgan fingerprint density at radius 1 is 1.28 bits per heavy atom. The molecule has 5 nitrogen and oxygen atoms in total. The van der Waals surface area contributed by atoms with Crippen LogP contribution in [0.15, 0.2) is 12.4 Å². The first-order valence-corrected chi connectivity index (χ1v) is 6.73. The summed E-state index contributed by atoms with van der Waals surface area (Å²) in [6, 6.07) is 0. The minimum atomic E-state index is 0.622. The summed E-state index contributed by atoms with van der Waals surface area (Å²) in [6.45, 7) is 4.82. The molecule has 0 aliphatic heterocycles. The number of rotatable bonds is 5. The monoisotopic (exact) mass is 263 g/mol. The van der Waals surface area contributed by atoms with Gasteiger partial charge in [-0.2, -0.15) is 4.98 Å². The number of nitrogens with one attached hydrogen (secondary N) is 2. The summed E-state index contributed by atoms with van der Waals surface area (Å²) in [5, 5.41) is 7.31. The van der Waals surface area contributed by atoms with Crippen LogP contribution >= 0.6 is 11.3 Å². The van der Waals surface area contributed by atoms with Crippen molar-refractivity contribution in [1.82, 2.24) is 15.0 Å². The van der Waals surface area contributed by atoms with Crippen LogP contribution in [0.1, 0.15) is 22.4 Å². The molecule has 6 heteroatoms. The second-order valence-electron chi connectivity index (χ2n) is 3.90. The van der Waals surface area contributed by atoms with Crippen molar-refractivity contribution in [3.63, 3.8) is 0 Å². The van der Waals surface area contributed by atoms with Gasteiger partial charge in [0.15, 0.2) is 0 Å². The molecule has 0 atom stereocenters. The maximum absolute atomic E-state index is 4.38. The third kappa shape index (κ3) is 2.95. The Morgan fingerprint density at radius 2 is 2.11 bits per heavy atom. The Balaban J connectivity index is 2.05. The first kappa shape index (κ1) is 12.8. The Bertz CT molecular complexity index is 523. The average molecular weight is 263 g/mol. The number of aromatic nitrogens is 3. The Hall–Kier alpha value is -1.69.